The summed E-state index contributed by atoms with van der Waals surface area (Å²) in [5.41, 5.74) is 2.09. The van der Waals surface area contributed by atoms with Crippen LogP contribution in [0.2, 0.25) is 0 Å². The second kappa shape index (κ2) is 9.72. The van der Waals surface area contributed by atoms with Gasteiger partial charge in [0.1, 0.15) is 0 Å². The topological polar surface area (TPSA) is 43.1 Å². The minimum Gasteiger partial charge on any atom is -0.187 e. The molecule has 10 radical (unpaired) electrons. The number of fused-ring (bicyclic) bond motifs is 1. The van der Waals surface area contributed by atoms with E-state index >= 15 is 0 Å². The van der Waals surface area contributed by atoms with E-state index in [2.05, 4.69) is 23.0 Å². The van der Waals surface area contributed by atoms with Gasteiger partial charge in [0.2, 0.25) is 5.16 Å². The van der Waals surface area contributed by atoms with Crippen molar-refractivity contribution in [3.8, 4) is 11.4 Å². The number of rotatable bonds is 2. The Morgan fingerprint density at radius 1 is 0.808 bits per heavy atom. The molecule has 2 fully saturated rings. The van der Waals surface area contributed by atoms with Crippen molar-refractivity contribution < 1.29 is 17.1 Å². The number of hydrogen-bond acceptors (Lipinski definition) is 4. The molecule has 0 N–H and O–H groups in total. The fourth-order valence-corrected chi connectivity index (χ4v) is 3.36. The molecule has 0 unspecified atom stereocenters. The zero-order valence-electron chi connectivity index (χ0n) is 13.8. The van der Waals surface area contributed by atoms with Crippen molar-refractivity contribution in [3.63, 3.8) is 0 Å². The number of thioether (sulfide) groups is 1. The molecule has 2 aromatic rings. The maximum Gasteiger partial charge on any atom is 2.00 e. The molecule has 5 rings (SSSR count). The maximum absolute atomic E-state index is 4.71. The van der Waals surface area contributed by atoms with Gasteiger partial charge in [0.15, 0.2) is 5.82 Å². The Bertz CT molecular complexity index is 711. The normalized spacial score (nSPS) is 19.2. The summed E-state index contributed by atoms with van der Waals surface area (Å²) in [6.45, 7) is 0. The number of nitrogens with zero attached hydrogens (tertiary/aromatic N) is 4. The molecule has 6 heteroatoms. The van der Waals surface area contributed by atoms with Gasteiger partial charge in [-0.25, -0.2) is 0 Å². The van der Waals surface area contributed by atoms with Crippen LogP contribution in [-0.2, 0) is 17.1 Å². The van der Waals surface area contributed by atoms with Gasteiger partial charge >= 0.3 is 17.1 Å². The average Bonchev–Trinajstić information content (AvgIpc) is 3.45. The van der Waals surface area contributed by atoms with Crippen molar-refractivity contribution in [1.29, 1.82) is 0 Å². The zero-order chi connectivity index (χ0) is 16.9. The van der Waals surface area contributed by atoms with Crippen LogP contribution in [0.25, 0.3) is 11.4 Å². The molecule has 3 aliphatic rings. The first kappa shape index (κ1) is 19.7. The largest absolute Gasteiger partial charge is 2.00 e. The van der Waals surface area contributed by atoms with Crippen LogP contribution in [0.4, 0.5) is 0 Å². The van der Waals surface area contributed by atoms with E-state index in [9.17, 15) is 0 Å². The summed E-state index contributed by atoms with van der Waals surface area (Å²) in [5.74, 6) is 2.78. The molecule has 4 nitrogen and oxygen atoms in total. The van der Waals surface area contributed by atoms with Crippen LogP contribution in [0.5, 0.6) is 0 Å². The third kappa shape index (κ3) is 4.59. The van der Waals surface area contributed by atoms with Gasteiger partial charge in [0, 0.05) is 17.2 Å². The molecule has 26 heavy (non-hydrogen) atoms. The summed E-state index contributed by atoms with van der Waals surface area (Å²) in [4.78, 5) is 0. The second-order valence-corrected chi connectivity index (χ2v) is 6.40. The third-order valence-electron chi connectivity index (χ3n) is 3.75. The molecule has 0 bridgehead atoms. The summed E-state index contributed by atoms with van der Waals surface area (Å²) in [6, 6.07) is 10.0. The summed E-state index contributed by atoms with van der Waals surface area (Å²) >= 11 is 1.67. The fourth-order valence-electron chi connectivity index (χ4n) is 2.52. The minimum absolute atomic E-state index is 0. The van der Waals surface area contributed by atoms with E-state index in [1.807, 2.05) is 80.0 Å². The van der Waals surface area contributed by atoms with E-state index in [-0.39, 0.29) is 17.1 Å². The van der Waals surface area contributed by atoms with Gasteiger partial charge in [-0.3, -0.25) is 0 Å². The van der Waals surface area contributed by atoms with Gasteiger partial charge in [-0.15, -0.1) is 10.2 Å². The fraction of sp³-hybridized carbons (Fsp3) is 0.0500. The Labute approximate surface area is 170 Å². The second-order valence-electron chi connectivity index (χ2n) is 5.46. The number of aromatic nitrogens is 3. The van der Waals surface area contributed by atoms with Gasteiger partial charge in [-0.05, 0) is 57.8 Å². The minimum atomic E-state index is 0. The molecule has 2 saturated carbocycles. The van der Waals surface area contributed by atoms with Crippen LogP contribution in [0, 0.1) is 63.7 Å². The summed E-state index contributed by atoms with van der Waals surface area (Å²) in [6.07, 6.45) is 18.2. The van der Waals surface area contributed by atoms with E-state index in [0.29, 0.717) is 0 Å². The van der Waals surface area contributed by atoms with Crippen LogP contribution in [0.15, 0.2) is 40.6 Å². The zero-order valence-corrected chi connectivity index (χ0v) is 15.8. The Morgan fingerprint density at radius 2 is 1.46 bits per heavy atom. The molecule has 2 heterocycles. The molecular weight excluding hydrogens is 384 g/mol. The third-order valence-corrected chi connectivity index (χ3v) is 4.68. The molecule has 1 aromatic heterocycles. The van der Waals surface area contributed by atoms with Crippen LogP contribution in [-0.4, -0.2) is 26.3 Å². The molecular formula is C20H16FeN4S+2. The van der Waals surface area contributed by atoms with Crippen LogP contribution >= 0.6 is 11.8 Å². The summed E-state index contributed by atoms with van der Waals surface area (Å²) in [7, 11) is 0. The van der Waals surface area contributed by atoms with Gasteiger partial charge in [0.05, 0.1) is 5.71 Å². The Morgan fingerprint density at radius 3 is 2.12 bits per heavy atom. The van der Waals surface area contributed by atoms with Crippen LogP contribution in [0.1, 0.15) is 0 Å². The molecule has 2 aliphatic carbocycles. The smallest absolute Gasteiger partial charge is 0.187 e. The van der Waals surface area contributed by atoms with Crippen LogP contribution < -0.4 is 0 Å². The van der Waals surface area contributed by atoms with E-state index in [1.54, 1.807) is 11.8 Å². The molecule has 0 amide bonds. The first-order valence-corrected chi connectivity index (χ1v) is 9.00. The van der Waals surface area contributed by atoms with Crippen LogP contribution in [0.3, 0.4) is 0 Å². The molecule has 1 aliphatic heterocycles. The average molecular weight is 400 g/mol. The predicted molar refractivity (Wildman–Crippen MR) is 101 cm³/mol. The maximum atomic E-state index is 4.71. The predicted octanol–water partition coefficient (Wildman–Crippen LogP) is 3.68. The molecule has 0 saturated heterocycles. The van der Waals surface area contributed by atoms with Crippen molar-refractivity contribution in [1.82, 2.24) is 14.9 Å². The quantitative estimate of drug-likeness (QED) is 0.723. The van der Waals surface area contributed by atoms with Gasteiger partial charge in [-0.1, -0.05) is 42.1 Å². The Balaban J connectivity index is 0.000000285. The summed E-state index contributed by atoms with van der Waals surface area (Å²) < 4.78 is 1.84. The van der Waals surface area contributed by atoms with Gasteiger partial charge in [-0.2, -0.15) is 9.78 Å². The van der Waals surface area contributed by atoms with E-state index in [4.69, 9.17) is 5.10 Å². The number of hydrogen-bond donors (Lipinski definition) is 0. The Hall–Kier alpha value is -1.10. The SMILES string of the molecule is [CH]1[CH][CH][CH][CH]1.[CH]1[CH][CH][C](C2=Nn3c(nnc3-c3ccccc3)SC2)[CH]1.[Fe+2]. The molecule has 0 spiro atoms. The van der Waals surface area contributed by atoms with E-state index in [0.717, 1.165) is 33.9 Å². The van der Waals surface area contributed by atoms with E-state index in [1.165, 1.54) is 0 Å². The van der Waals surface area contributed by atoms with Crippen molar-refractivity contribution in [2.45, 2.75) is 5.16 Å². The monoisotopic (exact) mass is 400 g/mol. The summed E-state index contributed by atoms with van der Waals surface area (Å²) in [5, 5.41) is 14.0. The van der Waals surface area contributed by atoms with Crippen molar-refractivity contribution in [2.75, 3.05) is 5.75 Å². The van der Waals surface area contributed by atoms with Crippen molar-refractivity contribution >= 4 is 17.5 Å². The van der Waals surface area contributed by atoms with Gasteiger partial charge in [0.25, 0.3) is 0 Å². The molecule has 128 valence electrons. The number of benzene rings is 1. The van der Waals surface area contributed by atoms with Crippen molar-refractivity contribution in [2.24, 2.45) is 5.10 Å². The first-order valence-electron chi connectivity index (χ1n) is 8.02. The first-order chi connectivity index (χ1) is 12.4. The van der Waals surface area contributed by atoms with Crippen molar-refractivity contribution in [3.05, 3.63) is 94.0 Å². The van der Waals surface area contributed by atoms with Gasteiger partial charge < -0.3 is 0 Å². The molecule has 0 atom stereocenters. The van der Waals surface area contributed by atoms with E-state index < -0.39 is 0 Å². The molecule has 1 aromatic carbocycles. The standard InChI is InChI=1S/C15H11N4S.C5H5.Fe/c1-2-8-12(9-3-1)14-16-17-15-19(14)18-13(10-20-15)11-6-4-5-7-11;1-2-4-5-3-1;/h1-9H,10H2;1-5H;/q;;+2. The Kier molecular flexibility index (Phi) is 7.35.